The summed E-state index contributed by atoms with van der Waals surface area (Å²) >= 11 is 3.80. The van der Waals surface area contributed by atoms with Crippen molar-refractivity contribution in [2.45, 2.75) is 11.3 Å². The molecule has 0 heterocycles. The number of halogens is 3. The molecule has 0 spiro atoms. The fourth-order valence-corrected chi connectivity index (χ4v) is 1.22. The third-order valence-electron chi connectivity index (χ3n) is 1.45. The van der Waals surface area contributed by atoms with Crippen molar-refractivity contribution in [2.24, 2.45) is 0 Å². The van der Waals surface area contributed by atoms with E-state index in [0.29, 0.717) is 0 Å². The lowest BCUT2D eigenvalue weighted by Gasteiger charge is -2.10. The molecular formula is C7H6BF3O3S. The Morgan fingerprint density at radius 1 is 1.20 bits per heavy atom. The van der Waals surface area contributed by atoms with Crippen molar-refractivity contribution in [1.82, 2.24) is 0 Å². The van der Waals surface area contributed by atoms with Gasteiger partial charge in [0, 0.05) is 4.90 Å². The smallest absolute Gasteiger partial charge is 0.423 e. The molecule has 82 valence electrons. The molecule has 3 nitrogen and oxygen atoms in total. The van der Waals surface area contributed by atoms with Gasteiger partial charge < -0.3 is 14.8 Å². The van der Waals surface area contributed by atoms with Crippen molar-refractivity contribution in [3.05, 3.63) is 18.2 Å². The van der Waals surface area contributed by atoms with Crippen LogP contribution in [0, 0.1) is 0 Å². The van der Waals surface area contributed by atoms with Crippen molar-refractivity contribution in [3.63, 3.8) is 0 Å². The molecule has 0 aliphatic carbocycles. The van der Waals surface area contributed by atoms with E-state index in [-0.39, 0.29) is 10.4 Å². The fourth-order valence-electron chi connectivity index (χ4n) is 0.947. The Morgan fingerprint density at radius 2 is 1.80 bits per heavy atom. The second-order valence-electron chi connectivity index (χ2n) is 2.68. The number of rotatable bonds is 2. The van der Waals surface area contributed by atoms with Crippen molar-refractivity contribution in [2.75, 3.05) is 0 Å². The number of benzene rings is 1. The first-order valence-corrected chi connectivity index (χ1v) is 4.18. The lowest BCUT2D eigenvalue weighted by atomic mass is 9.80. The van der Waals surface area contributed by atoms with Gasteiger partial charge >= 0.3 is 13.5 Å². The van der Waals surface area contributed by atoms with Gasteiger partial charge in [-0.05, 0) is 23.7 Å². The van der Waals surface area contributed by atoms with Crippen LogP contribution in [0.25, 0.3) is 0 Å². The van der Waals surface area contributed by atoms with E-state index >= 15 is 0 Å². The van der Waals surface area contributed by atoms with Crippen LogP contribution in [0.1, 0.15) is 0 Å². The lowest BCUT2D eigenvalue weighted by molar-refractivity contribution is -0.274. The summed E-state index contributed by atoms with van der Waals surface area (Å²) < 4.78 is 39.1. The van der Waals surface area contributed by atoms with Gasteiger partial charge in [-0.2, -0.15) is 0 Å². The van der Waals surface area contributed by atoms with Gasteiger partial charge in [0.1, 0.15) is 5.75 Å². The third-order valence-corrected chi connectivity index (χ3v) is 1.70. The molecule has 0 radical (unpaired) electrons. The minimum Gasteiger partial charge on any atom is -0.423 e. The van der Waals surface area contributed by atoms with Crippen molar-refractivity contribution >= 4 is 25.2 Å². The summed E-state index contributed by atoms with van der Waals surface area (Å²) in [6.07, 6.45) is -4.82. The largest absolute Gasteiger partial charge is 0.573 e. The molecule has 0 unspecified atom stereocenters. The van der Waals surface area contributed by atoms with E-state index in [1.165, 1.54) is 6.07 Å². The molecular weight excluding hydrogens is 232 g/mol. The zero-order valence-electron chi connectivity index (χ0n) is 7.19. The Bertz CT molecular complexity index is 356. The monoisotopic (exact) mass is 238 g/mol. The summed E-state index contributed by atoms with van der Waals surface area (Å²) in [7, 11) is -1.87. The van der Waals surface area contributed by atoms with E-state index < -0.39 is 19.2 Å². The standard InChI is InChI=1S/C7H6BF3O3S/c9-7(10,11)14-5-1-4(8(12)13)2-6(15)3-5/h1-3,12-13,15H. The summed E-state index contributed by atoms with van der Waals surface area (Å²) in [6, 6.07) is 3.11. The maximum absolute atomic E-state index is 11.8. The van der Waals surface area contributed by atoms with Gasteiger partial charge in [0.15, 0.2) is 0 Å². The van der Waals surface area contributed by atoms with Gasteiger partial charge in [0.2, 0.25) is 0 Å². The number of thiol groups is 1. The maximum atomic E-state index is 11.8. The molecule has 0 atom stereocenters. The molecule has 0 aromatic heterocycles. The number of alkyl halides is 3. The Balaban J connectivity index is 2.99. The first-order chi connectivity index (χ1) is 6.78. The van der Waals surface area contributed by atoms with E-state index in [1.54, 1.807) is 0 Å². The predicted octanol–water partition coefficient (Wildman–Crippen LogP) is 0.554. The molecule has 0 aliphatic rings. The average Bonchev–Trinajstić information content (AvgIpc) is 1.99. The molecule has 1 rings (SSSR count). The zero-order chi connectivity index (χ0) is 11.6. The molecule has 1 aromatic rings. The first-order valence-electron chi connectivity index (χ1n) is 3.74. The van der Waals surface area contributed by atoms with Crippen LogP contribution in [-0.4, -0.2) is 23.5 Å². The highest BCUT2D eigenvalue weighted by molar-refractivity contribution is 7.80. The molecule has 15 heavy (non-hydrogen) atoms. The van der Waals surface area contributed by atoms with E-state index in [9.17, 15) is 13.2 Å². The van der Waals surface area contributed by atoms with Gasteiger partial charge in [0.05, 0.1) is 0 Å². The normalized spacial score (nSPS) is 11.3. The molecule has 0 bridgehead atoms. The van der Waals surface area contributed by atoms with Crippen LogP contribution in [0.2, 0.25) is 0 Å². The average molecular weight is 238 g/mol. The highest BCUT2D eigenvalue weighted by Gasteiger charge is 2.31. The summed E-state index contributed by atoms with van der Waals surface area (Å²) in [4.78, 5) is 0.139. The van der Waals surface area contributed by atoms with Gasteiger partial charge in [0.25, 0.3) is 0 Å². The maximum Gasteiger partial charge on any atom is 0.573 e. The summed E-state index contributed by atoms with van der Waals surface area (Å²) in [5, 5.41) is 17.5. The van der Waals surface area contributed by atoms with Crippen molar-refractivity contribution in [1.29, 1.82) is 0 Å². The van der Waals surface area contributed by atoms with E-state index in [4.69, 9.17) is 10.0 Å². The molecule has 8 heteroatoms. The third kappa shape index (κ3) is 4.02. The van der Waals surface area contributed by atoms with Crippen LogP contribution in [0.15, 0.2) is 23.1 Å². The Kier molecular flexibility index (Phi) is 3.53. The second-order valence-corrected chi connectivity index (χ2v) is 3.20. The van der Waals surface area contributed by atoms with E-state index in [1.807, 2.05) is 0 Å². The molecule has 0 fully saturated rings. The highest BCUT2D eigenvalue weighted by atomic mass is 32.1. The van der Waals surface area contributed by atoms with Crippen LogP contribution >= 0.6 is 12.6 Å². The molecule has 0 saturated carbocycles. The van der Waals surface area contributed by atoms with E-state index in [0.717, 1.165) is 12.1 Å². The quantitative estimate of drug-likeness (QED) is 0.521. The first kappa shape index (κ1) is 12.2. The molecule has 0 aliphatic heterocycles. The molecule has 1 aromatic carbocycles. The number of hydrogen-bond donors (Lipinski definition) is 3. The number of hydrogen-bond acceptors (Lipinski definition) is 4. The topological polar surface area (TPSA) is 49.7 Å². The molecule has 0 saturated heterocycles. The lowest BCUT2D eigenvalue weighted by Crippen LogP contribution is -2.30. The van der Waals surface area contributed by atoms with Gasteiger partial charge in [-0.3, -0.25) is 0 Å². The highest BCUT2D eigenvalue weighted by Crippen LogP contribution is 2.23. The van der Waals surface area contributed by atoms with Crippen LogP contribution in [0.4, 0.5) is 13.2 Å². The van der Waals surface area contributed by atoms with Gasteiger partial charge in [-0.15, -0.1) is 25.8 Å². The minimum atomic E-state index is -4.82. The van der Waals surface area contributed by atoms with Gasteiger partial charge in [-0.25, -0.2) is 0 Å². The zero-order valence-corrected chi connectivity index (χ0v) is 8.09. The number of ether oxygens (including phenoxy) is 1. The SMILES string of the molecule is OB(O)c1cc(S)cc(OC(F)(F)F)c1. The van der Waals surface area contributed by atoms with Crippen LogP contribution in [0.3, 0.4) is 0 Å². The van der Waals surface area contributed by atoms with Crippen molar-refractivity contribution in [3.8, 4) is 5.75 Å². The van der Waals surface area contributed by atoms with E-state index in [2.05, 4.69) is 17.4 Å². The Morgan fingerprint density at radius 3 is 2.27 bits per heavy atom. The minimum absolute atomic E-state index is 0.123. The van der Waals surface area contributed by atoms with Crippen LogP contribution in [-0.2, 0) is 0 Å². The molecule has 2 N–H and O–H groups in total. The molecule has 0 amide bonds. The summed E-state index contributed by atoms with van der Waals surface area (Å²) in [5.74, 6) is -0.543. The Hall–Kier alpha value is -0.855. The fraction of sp³-hybridized carbons (Fsp3) is 0.143. The van der Waals surface area contributed by atoms with Crippen LogP contribution < -0.4 is 10.2 Å². The van der Waals surface area contributed by atoms with Crippen LogP contribution in [0.5, 0.6) is 5.75 Å². The van der Waals surface area contributed by atoms with Gasteiger partial charge in [-0.1, -0.05) is 0 Å². The van der Waals surface area contributed by atoms with Crippen molar-refractivity contribution < 1.29 is 28.0 Å². The second kappa shape index (κ2) is 4.34. The summed E-state index contributed by atoms with van der Waals surface area (Å²) in [5.41, 5.74) is -0.123. The predicted molar refractivity (Wildman–Crippen MR) is 50.2 cm³/mol. The Labute approximate surface area is 89.0 Å². The summed E-state index contributed by atoms with van der Waals surface area (Å²) in [6.45, 7) is 0.